The average Bonchev–Trinajstić information content (AvgIpc) is 3.19. The summed E-state index contributed by atoms with van der Waals surface area (Å²) < 4.78 is 0. The third-order valence-corrected chi connectivity index (χ3v) is 4.66. The molecule has 1 amide bonds. The number of nitrogens with one attached hydrogen (secondary N) is 3. The number of carbonyl (C=O) groups excluding carboxylic acids is 1. The van der Waals surface area contributed by atoms with Gasteiger partial charge in [0.1, 0.15) is 0 Å². The number of hydrogen-bond acceptors (Lipinski definition) is 4. The molecule has 1 saturated heterocycles. The third kappa shape index (κ3) is 3.50. The molecule has 0 bridgehead atoms. The monoisotopic (exact) mass is 301 g/mol. The molecule has 21 heavy (non-hydrogen) atoms. The summed E-state index contributed by atoms with van der Waals surface area (Å²) in [7, 11) is 0. The third-order valence-electron chi connectivity index (χ3n) is 3.73. The molecule has 1 aliphatic rings. The molecule has 1 fully saturated rings. The Hall–Kier alpha value is -1.69. The van der Waals surface area contributed by atoms with Crippen LogP contribution in [0.15, 0.2) is 47.8 Å². The predicted molar refractivity (Wildman–Crippen MR) is 84.8 cm³/mol. The van der Waals surface area contributed by atoms with Crippen LogP contribution in [0.1, 0.15) is 16.5 Å². The van der Waals surface area contributed by atoms with Crippen LogP contribution in [-0.2, 0) is 11.2 Å². The van der Waals surface area contributed by atoms with Gasteiger partial charge in [-0.3, -0.25) is 10.2 Å². The number of amides is 1. The van der Waals surface area contributed by atoms with Crippen molar-refractivity contribution in [2.45, 2.75) is 12.5 Å². The molecule has 3 rings (SSSR count). The smallest absolute Gasteiger partial charge is 0.226 e. The van der Waals surface area contributed by atoms with E-state index in [1.54, 1.807) is 11.3 Å². The maximum Gasteiger partial charge on any atom is 0.226 e. The van der Waals surface area contributed by atoms with Crippen molar-refractivity contribution in [2.75, 3.05) is 13.1 Å². The maximum atomic E-state index is 12.4. The highest BCUT2D eigenvalue weighted by atomic mass is 32.1. The van der Waals surface area contributed by atoms with Crippen LogP contribution < -0.4 is 16.2 Å². The van der Waals surface area contributed by atoms with Crippen LogP contribution in [0.3, 0.4) is 0 Å². The van der Waals surface area contributed by atoms with Crippen molar-refractivity contribution in [2.24, 2.45) is 5.92 Å². The zero-order valence-electron chi connectivity index (χ0n) is 11.7. The van der Waals surface area contributed by atoms with Gasteiger partial charge in [-0.05, 0) is 23.4 Å². The average molecular weight is 301 g/mol. The minimum atomic E-state index is -0.0734. The van der Waals surface area contributed by atoms with Crippen molar-refractivity contribution in [3.63, 3.8) is 0 Å². The van der Waals surface area contributed by atoms with Gasteiger partial charge in [-0.2, -0.15) is 0 Å². The van der Waals surface area contributed by atoms with Crippen molar-refractivity contribution in [1.82, 2.24) is 16.2 Å². The molecule has 110 valence electrons. The molecule has 4 nitrogen and oxygen atoms in total. The molecule has 2 atom stereocenters. The fourth-order valence-electron chi connectivity index (χ4n) is 2.61. The highest BCUT2D eigenvalue weighted by Gasteiger charge is 2.33. The van der Waals surface area contributed by atoms with Crippen LogP contribution in [-0.4, -0.2) is 19.0 Å². The lowest BCUT2D eigenvalue weighted by Gasteiger charge is -2.18. The molecule has 0 aliphatic carbocycles. The zero-order valence-corrected chi connectivity index (χ0v) is 12.5. The van der Waals surface area contributed by atoms with E-state index in [0.717, 1.165) is 12.0 Å². The van der Waals surface area contributed by atoms with Gasteiger partial charge in [0.2, 0.25) is 5.91 Å². The van der Waals surface area contributed by atoms with Crippen molar-refractivity contribution in [1.29, 1.82) is 0 Å². The number of hydrazine groups is 1. The van der Waals surface area contributed by atoms with Gasteiger partial charge in [-0.25, -0.2) is 5.43 Å². The van der Waals surface area contributed by atoms with Gasteiger partial charge >= 0.3 is 0 Å². The first-order chi connectivity index (χ1) is 10.3. The molecule has 5 heteroatoms. The van der Waals surface area contributed by atoms with Gasteiger partial charge in [0, 0.05) is 18.0 Å². The fraction of sp³-hybridized carbons (Fsp3) is 0.312. The summed E-state index contributed by atoms with van der Waals surface area (Å²) in [4.78, 5) is 13.7. The Morgan fingerprint density at radius 3 is 2.86 bits per heavy atom. The van der Waals surface area contributed by atoms with Crippen LogP contribution in [0.4, 0.5) is 0 Å². The first-order valence-electron chi connectivity index (χ1n) is 7.18. The van der Waals surface area contributed by atoms with Gasteiger partial charge in [0.25, 0.3) is 0 Å². The second-order valence-corrected chi connectivity index (χ2v) is 6.17. The highest BCUT2D eigenvalue weighted by molar-refractivity contribution is 7.09. The molecular weight excluding hydrogens is 282 g/mol. The minimum absolute atomic E-state index is 0.0351. The lowest BCUT2D eigenvalue weighted by molar-refractivity contribution is -0.124. The van der Waals surface area contributed by atoms with Crippen LogP contribution in [0.25, 0.3) is 0 Å². The fourth-order valence-corrected chi connectivity index (χ4v) is 3.32. The Labute approximate surface area is 128 Å². The summed E-state index contributed by atoms with van der Waals surface area (Å²) in [5.74, 6) is 0.0358. The number of carbonyl (C=O) groups is 1. The van der Waals surface area contributed by atoms with E-state index in [1.807, 2.05) is 24.3 Å². The highest BCUT2D eigenvalue weighted by Crippen LogP contribution is 2.24. The van der Waals surface area contributed by atoms with Crippen molar-refractivity contribution < 1.29 is 4.79 Å². The molecule has 1 aromatic carbocycles. The number of hydrogen-bond donors (Lipinski definition) is 3. The summed E-state index contributed by atoms with van der Waals surface area (Å²) in [5, 5.41) is 5.11. The minimum Gasteiger partial charge on any atom is -0.355 e. The van der Waals surface area contributed by atoms with Crippen molar-refractivity contribution in [3.05, 3.63) is 58.3 Å². The Bertz CT molecular complexity index is 570. The van der Waals surface area contributed by atoms with Crippen LogP contribution in [0, 0.1) is 5.92 Å². The summed E-state index contributed by atoms with van der Waals surface area (Å²) >= 11 is 1.73. The Morgan fingerprint density at radius 1 is 1.24 bits per heavy atom. The Kier molecular flexibility index (Phi) is 4.65. The molecule has 1 aliphatic heterocycles. The molecule has 2 heterocycles. The lowest BCUT2D eigenvalue weighted by Crippen LogP contribution is -2.36. The molecule has 0 radical (unpaired) electrons. The summed E-state index contributed by atoms with van der Waals surface area (Å²) in [6.45, 7) is 1.35. The molecule has 0 saturated carbocycles. The summed E-state index contributed by atoms with van der Waals surface area (Å²) in [5.41, 5.74) is 7.44. The van der Waals surface area contributed by atoms with Crippen LogP contribution >= 0.6 is 11.3 Å². The van der Waals surface area contributed by atoms with E-state index < -0.39 is 0 Å². The van der Waals surface area contributed by atoms with Gasteiger partial charge in [-0.1, -0.05) is 36.4 Å². The molecule has 2 aromatic rings. The zero-order chi connectivity index (χ0) is 14.5. The summed E-state index contributed by atoms with van der Waals surface area (Å²) in [6, 6.07) is 14.3. The van der Waals surface area contributed by atoms with Gasteiger partial charge in [0.05, 0.1) is 12.0 Å². The number of benzene rings is 1. The topological polar surface area (TPSA) is 53.2 Å². The largest absolute Gasteiger partial charge is 0.355 e. The first kappa shape index (κ1) is 14.3. The predicted octanol–water partition coefficient (Wildman–Crippen LogP) is 1.87. The van der Waals surface area contributed by atoms with Crippen LogP contribution in [0.5, 0.6) is 0 Å². The van der Waals surface area contributed by atoms with Gasteiger partial charge < -0.3 is 5.32 Å². The Balaban J connectivity index is 1.56. The van der Waals surface area contributed by atoms with E-state index in [0.29, 0.717) is 13.1 Å². The first-order valence-corrected chi connectivity index (χ1v) is 8.06. The second kappa shape index (κ2) is 6.85. The molecule has 1 aromatic heterocycles. The van der Waals surface area contributed by atoms with E-state index in [9.17, 15) is 4.79 Å². The normalized spacial score (nSPS) is 21.3. The van der Waals surface area contributed by atoms with E-state index in [1.165, 1.54) is 4.88 Å². The molecular formula is C16H19N3OS. The number of thiophene rings is 1. The SMILES string of the molecule is O=C(NCCc1cccs1)C1CNNC1c1ccccc1. The molecule has 2 unspecified atom stereocenters. The lowest BCUT2D eigenvalue weighted by atomic mass is 9.94. The standard InChI is InChI=1S/C16H19N3OS/c20-16(17-9-8-13-7-4-10-21-13)14-11-18-19-15(14)12-5-2-1-3-6-12/h1-7,10,14-15,18-19H,8-9,11H2,(H,17,20). The molecule has 0 spiro atoms. The molecule has 3 N–H and O–H groups in total. The van der Waals surface area contributed by atoms with Crippen molar-refractivity contribution in [3.8, 4) is 0 Å². The maximum absolute atomic E-state index is 12.4. The number of rotatable bonds is 5. The van der Waals surface area contributed by atoms with E-state index in [-0.39, 0.29) is 17.9 Å². The quantitative estimate of drug-likeness (QED) is 0.790. The van der Waals surface area contributed by atoms with E-state index >= 15 is 0 Å². The van der Waals surface area contributed by atoms with Crippen LogP contribution in [0.2, 0.25) is 0 Å². The second-order valence-electron chi connectivity index (χ2n) is 5.14. The summed E-state index contributed by atoms with van der Waals surface area (Å²) in [6.07, 6.45) is 0.896. The van der Waals surface area contributed by atoms with Crippen molar-refractivity contribution >= 4 is 17.2 Å². The van der Waals surface area contributed by atoms with E-state index in [2.05, 4.69) is 39.7 Å². The Morgan fingerprint density at radius 2 is 2.10 bits per heavy atom. The van der Waals surface area contributed by atoms with Gasteiger partial charge in [0.15, 0.2) is 0 Å². The van der Waals surface area contributed by atoms with Gasteiger partial charge in [-0.15, -0.1) is 11.3 Å². The van der Waals surface area contributed by atoms with E-state index in [4.69, 9.17) is 0 Å².